The number of hydrogen-bond acceptors (Lipinski definition) is 3. The van der Waals surface area contributed by atoms with Gasteiger partial charge >= 0.3 is 0 Å². The maximum Gasteiger partial charge on any atom is 0.236 e. The van der Waals surface area contributed by atoms with Gasteiger partial charge in [-0.25, -0.2) is 12.8 Å². The highest BCUT2D eigenvalue weighted by molar-refractivity contribution is 7.92. The van der Waals surface area contributed by atoms with Gasteiger partial charge in [0.15, 0.2) is 9.84 Å². The molecule has 0 aliphatic heterocycles. The van der Waals surface area contributed by atoms with E-state index in [1.165, 1.54) is 36.4 Å². The third-order valence-corrected chi connectivity index (χ3v) is 5.18. The fourth-order valence-corrected chi connectivity index (χ4v) is 3.55. The molecule has 0 bridgehead atoms. The smallest absolute Gasteiger partial charge is 0.236 e. The van der Waals surface area contributed by atoms with E-state index in [-0.39, 0.29) is 11.3 Å². The van der Waals surface area contributed by atoms with E-state index >= 15 is 0 Å². The van der Waals surface area contributed by atoms with Crippen molar-refractivity contribution in [3.8, 4) is 0 Å². The number of rotatable bonds is 5. The summed E-state index contributed by atoms with van der Waals surface area (Å²) in [6.45, 7) is 0. The molecule has 0 saturated carbocycles. The van der Waals surface area contributed by atoms with Gasteiger partial charge in [-0.1, -0.05) is 30.3 Å². The van der Waals surface area contributed by atoms with Crippen LogP contribution < -0.4 is 5.73 Å². The molecule has 2 aromatic carbocycles. The van der Waals surface area contributed by atoms with Gasteiger partial charge in [0.1, 0.15) is 11.1 Å². The zero-order valence-electron chi connectivity index (χ0n) is 11.1. The number of primary amides is 1. The first-order chi connectivity index (χ1) is 9.91. The Hall–Kier alpha value is -2.21. The molecule has 1 atom stereocenters. The number of benzene rings is 2. The van der Waals surface area contributed by atoms with Crippen LogP contribution in [0.25, 0.3) is 0 Å². The topological polar surface area (TPSA) is 77.2 Å². The standard InChI is InChI=1S/C15H14FNO3S/c16-12-8-6-11(7-9-12)10-14(15(17)18)21(19,20)13-4-2-1-3-5-13/h1-9,14H,10H2,(H2,17,18)/t14-/m0/s1. The fourth-order valence-electron chi connectivity index (χ4n) is 1.97. The molecule has 0 aliphatic rings. The summed E-state index contributed by atoms with van der Waals surface area (Å²) >= 11 is 0. The molecule has 1 amide bonds. The van der Waals surface area contributed by atoms with Gasteiger partial charge in [0, 0.05) is 0 Å². The lowest BCUT2D eigenvalue weighted by Crippen LogP contribution is -2.37. The molecule has 0 spiro atoms. The monoisotopic (exact) mass is 307 g/mol. The van der Waals surface area contributed by atoms with Gasteiger partial charge < -0.3 is 5.73 Å². The molecule has 110 valence electrons. The first kappa shape index (κ1) is 15.2. The minimum Gasteiger partial charge on any atom is -0.369 e. The van der Waals surface area contributed by atoms with Crippen LogP contribution in [0, 0.1) is 5.82 Å². The Labute approximate surface area is 122 Å². The van der Waals surface area contributed by atoms with Crippen LogP contribution in [0.3, 0.4) is 0 Å². The summed E-state index contributed by atoms with van der Waals surface area (Å²) in [5.74, 6) is -1.36. The molecule has 0 saturated heterocycles. The van der Waals surface area contributed by atoms with Crippen molar-refractivity contribution < 1.29 is 17.6 Å². The minimum atomic E-state index is -3.88. The van der Waals surface area contributed by atoms with Gasteiger partial charge in [-0.05, 0) is 36.2 Å². The number of halogens is 1. The third kappa shape index (κ3) is 3.46. The van der Waals surface area contributed by atoms with E-state index in [2.05, 4.69) is 0 Å². The Morgan fingerprint density at radius 2 is 1.62 bits per heavy atom. The lowest BCUT2D eigenvalue weighted by atomic mass is 10.1. The molecule has 21 heavy (non-hydrogen) atoms. The van der Waals surface area contributed by atoms with Crippen LogP contribution >= 0.6 is 0 Å². The summed E-state index contributed by atoms with van der Waals surface area (Å²) in [5, 5.41) is -1.38. The number of carbonyl (C=O) groups is 1. The van der Waals surface area contributed by atoms with Crippen molar-refractivity contribution in [2.45, 2.75) is 16.6 Å². The fraction of sp³-hybridized carbons (Fsp3) is 0.133. The lowest BCUT2D eigenvalue weighted by molar-refractivity contribution is -0.117. The van der Waals surface area contributed by atoms with Gasteiger partial charge in [0.2, 0.25) is 5.91 Å². The molecule has 0 radical (unpaired) electrons. The van der Waals surface area contributed by atoms with Crippen LogP contribution in [0.1, 0.15) is 5.56 Å². The predicted molar refractivity (Wildman–Crippen MR) is 76.7 cm³/mol. The molecule has 6 heteroatoms. The molecule has 2 aromatic rings. The van der Waals surface area contributed by atoms with E-state index in [9.17, 15) is 17.6 Å². The van der Waals surface area contributed by atoms with Crippen molar-refractivity contribution in [1.29, 1.82) is 0 Å². The van der Waals surface area contributed by atoms with Crippen LogP contribution in [0.4, 0.5) is 4.39 Å². The summed E-state index contributed by atoms with van der Waals surface area (Å²) in [7, 11) is -3.88. The van der Waals surface area contributed by atoms with Crippen molar-refractivity contribution in [3.63, 3.8) is 0 Å². The second-order valence-electron chi connectivity index (χ2n) is 4.58. The highest BCUT2D eigenvalue weighted by Crippen LogP contribution is 2.19. The normalized spacial score (nSPS) is 12.8. The van der Waals surface area contributed by atoms with Gasteiger partial charge in [-0.3, -0.25) is 4.79 Å². The van der Waals surface area contributed by atoms with E-state index in [0.717, 1.165) is 0 Å². The average molecular weight is 307 g/mol. The Kier molecular flexibility index (Phi) is 4.37. The highest BCUT2D eigenvalue weighted by Gasteiger charge is 2.32. The molecule has 0 unspecified atom stereocenters. The Bertz CT molecular complexity index is 727. The number of amides is 1. The highest BCUT2D eigenvalue weighted by atomic mass is 32.2. The first-order valence-corrected chi connectivity index (χ1v) is 7.78. The second-order valence-corrected chi connectivity index (χ2v) is 6.71. The summed E-state index contributed by atoms with van der Waals surface area (Å²) in [4.78, 5) is 11.6. The zero-order valence-corrected chi connectivity index (χ0v) is 11.9. The Morgan fingerprint density at radius 3 is 2.14 bits per heavy atom. The van der Waals surface area contributed by atoms with Crippen molar-refractivity contribution >= 4 is 15.7 Å². The number of carbonyl (C=O) groups excluding carboxylic acids is 1. The third-order valence-electron chi connectivity index (χ3n) is 3.10. The van der Waals surface area contributed by atoms with Crippen LogP contribution in [0.2, 0.25) is 0 Å². The number of sulfone groups is 1. The average Bonchev–Trinajstić information content (AvgIpc) is 2.47. The van der Waals surface area contributed by atoms with E-state index in [1.54, 1.807) is 18.2 Å². The number of hydrogen-bond donors (Lipinski definition) is 1. The molecule has 4 nitrogen and oxygen atoms in total. The van der Waals surface area contributed by atoms with E-state index in [4.69, 9.17) is 5.73 Å². The van der Waals surface area contributed by atoms with E-state index in [0.29, 0.717) is 5.56 Å². The van der Waals surface area contributed by atoms with Crippen molar-refractivity contribution in [1.82, 2.24) is 0 Å². The summed E-state index contributed by atoms with van der Waals surface area (Å²) < 4.78 is 37.8. The number of nitrogens with two attached hydrogens (primary N) is 1. The van der Waals surface area contributed by atoms with Crippen LogP contribution in [0.15, 0.2) is 59.5 Å². The molecule has 0 heterocycles. The van der Waals surface area contributed by atoms with Gasteiger partial charge in [0.25, 0.3) is 0 Å². The van der Waals surface area contributed by atoms with Crippen LogP contribution in [-0.2, 0) is 21.1 Å². The quantitative estimate of drug-likeness (QED) is 0.913. The SMILES string of the molecule is NC(=O)[C@H](Cc1ccc(F)cc1)S(=O)(=O)c1ccccc1. The van der Waals surface area contributed by atoms with Crippen molar-refractivity contribution in [3.05, 3.63) is 66.0 Å². The molecular weight excluding hydrogens is 293 g/mol. The first-order valence-electron chi connectivity index (χ1n) is 6.24. The molecular formula is C15H14FNO3S. The van der Waals surface area contributed by atoms with Crippen molar-refractivity contribution in [2.75, 3.05) is 0 Å². The summed E-state index contributed by atoms with van der Waals surface area (Å²) in [6, 6.07) is 12.9. The molecule has 2 N–H and O–H groups in total. The lowest BCUT2D eigenvalue weighted by Gasteiger charge is -2.14. The molecule has 0 aliphatic carbocycles. The summed E-state index contributed by atoms with van der Waals surface area (Å²) in [6.07, 6.45) is -0.0904. The maximum absolute atomic E-state index is 12.9. The Balaban J connectivity index is 2.35. The zero-order chi connectivity index (χ0) is 15.5. The molecule has 2 rings (SSSR count). The van der Waals surface area contributed by atoms with Gasteiger partial charge in [-0.2, -0.15) is 0 Å². The van der Waals surface area contributed by atoms with E-state index < -0.39 is 26.8 Å². The molecule has 0 aromatic heterocycles. The van der Waals surface area contributed by atoms with Crippen LogP contribution in [0.5, 0.6) is 0 Å². The largest absolute Gasteiger partial charge is 0.369 e. The molecule has 0 fully saturated rings. The second kappa shape index (κ2) is 6.05. The Morgan fingerprint density at radius 1 is 1.05 bits per heavy atom. The van der Waals surface area contributed by atoms with Gasteiger partial charge in [-0.15, -0.1) is 0 Å². The van der Waals surface area contributed by atoms with E-state index in [1.807, 2.05) is 0 Å². The van der Waals surface area contributed by atoms with Gasteiger partial charge in [0.05, 0.1) is 4.90 Å². The van der Waals surface area contributed by atoms with Crippen molar-refractivity contribution in [2.24, 2.45) is 5.73 Å². The predicted octanol–water partition coefficient (Wildman–Crippen LogP) is 1.70. The van der Waals surface area contributed by atoms with Crippen LogP contribution in [-0.4, -0.2) is 19.6 Å². The minimum absolute atomic E-state index is 0.0379. The summed E-state index contributed by atoms with van der Waals surface area (Å²) in [5.41, 5.74) is 5.77. The maximum atomic E-state index is 12.9.